The van der Waals surface area contributed by atoms with Crippen LogP contribution in [0.2, 0.25) is 0 Å². The number of halogens is 3. The Hall–Kier alpha value is -0.760. The van der Waals surface area contributed by atoms with Gasteiger partial charge < -0.3 is 5.32 Å². The number of rotatable bonds is 2. The summed E-state index contributed by atoms with van der Waals surface area (Å²) in [6, 6.07) is 2.37. The first-order valence-electron chi connectivity index (χ1n) is 6.69. The molecule has 0 radical (unpaired) electrons. The Bertz CT molecular complexity index is 613. The molecule has 2 unspecified atom stereocenters. The summed E-state index contributed by atoms with van der Waals surface area (Å²) in [6.07, 6.45) is 2.30. The van der Waals surface area contributed by atoms with Crippen LogP contribution >= 0.6 is 12.4 Å². The summed E-state index contributed by atoms with van der Waals surface area (Å²) in [4.78, 5) is -0.433. The molecule has 2 bridgehead atoms. The molecule has 0 aliphatic carbocycles. The average molecular weight is 339 g/mol. The molecule has 4 nitrogen and oxygen atoms in total. The maximum atomic E-state index is 13.8. The van der Waals surface area contributed by atoms with E-state index in [1.807, 2.05) is 0 Å². The van der Waals surface area contributed by atoms with Gasteiger partial charge in [0.05, 0.1) is 0 Å². The zero-order valence-electron chi connectivity index (χ0n) is 11.3. The molecule has 2 aliphatic heterocycles. The van der Waals surface area contributed by atoms with Crippen LogP contribution in [0.3, 0.4) is 0 Å². The molecule has 1 aromatic rings. The number of sulfonamides is 1. The Balaban J connectivity index is 0.00000161. The van der Waals surface area contributed by atoms with Crippen molar-refractivity contribution in [2.45, 2.75) is 36.2 Å². The second-order valence-corrected chi connectivity index (χ2v) is 7.10. The van der Waals surface area contributed by atoms with Crippen LogP contribution in [0, 0.1) is 11.6 Å². The van der Waals surface area contributed by atoms with Gasteiger partial charge in [0.25, 0.3) is 0 Å². The highest BCUT2D eigenvalue weighted by Gasteiger charge is 2.43. The molecule has 118 valence electrons. The molecule has 21 heavy (non-hydrogen) atoms. The standard InChI is InChI=1S/C13H16F2N2O2S.ClH/c14-9-1-4-13(12(15)7-9)20(18,19)17-10-2-3-11(17)8-16-6-5-10;/h1,4,7,10-11,16H,2-3,5-6,8H2;1H. The lowest BCUT2D eigenvalue weighted by Gasteiger charge is -2.27. The predicted octanol–water partition coefficient (Wildman–Crippen LogP) is 1.90. The Morgan fingerprint density at radius 2 is 1.86 bits per heavy atom. The minimum absolute atomic E-state index is 0. The number of benzene rings is 1. The van der Waals surface area contributed by atoms with Crippen molar-refractivity contribution in [3.8, 4) is 0 Å². The summed E-state index contributed by atoms with van der Waals surface area (Å²) in [7, 11) is -3.92. The molecule has 2 heterocycles. The molecule has 2 aliphatic rings. The second kappa shape index (κ2) is 6.16. The lowest BCUT2D eigenvalue weighted by molar-refractivity contribution is 0.332. The number of nitrogens with zero attached hydrogens (tertiary/aromatic N) is 1. The van der Waals surface area contributed by atoms with Crippen LogP contribution in [0.25, 0.3) is 0 Å². The van der Waals surface area contributed by atoms with Gasteiger partial charge in [0, 0.05) is 24.7 Å². The van der Waals surface area contributed by atoms with Gasteiger partial charge in [-0.05, 0) is 37.9 Å². The van der Waals surface area contributed by atoms with Crippen molar-refractivity contribution in [3.05, 3.63) is 29.8 Å². The highest BCUT2D eigenvalue weighted by atomic mass is 35.5. The summed E-state index contributed by atoms with van der Waals surface area (Å²) in [5.41, 5.74) is 0. The fourth-order valence-corrected chi connectivity index (χ4v) is 5.08. The first-order chi connectivity index (χ1) is 9.50. The molecule has 2 fully saturated rings. The number of nitrogens with one attached hydrogen (secondary N) is 1. The molecule has 1 N–H and O–H groups in total. The number of hydrogen-bond donors (Lipinski definition) is 1. The maximum Gasteiger partial charge on any atom is 0.246 e. The van der Waals surface area contributed by atoms with Gasteiger partial charge in [-0.2, -0.15) is 4.31 Å². The van der Waals surface area contributed by atoms with Crippen molar-refractivity contribution in [1.82, 2.24) is 9.62 Å². The molecule has 3 rings (SSSR count). The molecule has 0 spiro atoms. The van der Waals surface area contributed by atoms with Crippen molar-refractivity contribution in [3.63, 3.8) is 0 Å². The number of hydrogen-bond acceptors (Lipinski definition) is 3. The van der Waals surface area contributed by atoms with E-state index in [1.54, 1.807) is 0 Å². The molecule has 0 saturated carbocycles. The summed E-state index contributed by atoms with van der Waals surface area (Å²) in [5.74, 6) is -1.80. The van der Waals surface area contributed by atoms with Crippen molar-refractivity contribution in [2.75, 3.05) is 13.1 Å². The van der Waals surface area contributed by atoms with E-state index in [-0.39, 0.29) is 24.5 Å². The van der Waals surface area contributed by atoms with Gasteiger partial charge >= 0.3 is 0 Å². The Morgan fingerprint density at radius 3 is 2.57 bits per heavy atom. The summed E-state index contributed by atoms with van der Waals surface area (Å²) >= 11 is 0. The quantitative estimate of drug-likeness (QED) is 0.896. The van der Waals surface area contributed by atoms with Gasteiger partial charge in [-0.25, -0.2) is 17.2 Å². The van der Waals surface area contributed by atoms with Crippen LogP contribution in [0.5, 0.6) is 0 Å². The van der Waals surface area contributed by atoms with Crippen molar-refractivity contribution >= 4 is 22.4 Å². The zero-order valence-corrected chi connectivity index (χ0v) is 12.9. The minimum Gasteiger partial charge on any atom is -0.315 e. The summed E-state index contributed by atoms with van der Waals surface area (Å²) in [6.45, 7) is 1.34. The Morgan fingerprint density at radius 1 is 1.14 bits per heavy atom. The van der Waals surface area contributed by atoms with Crippen LogP contribution in [0.4, 0.5) is 8.78 Å². The van der Waals surface area contributed by atoms with Crippen molar-refractivity contribution in [2.24, 2.45) is 0 Å². The average Bonchev–Trinajstić information content (AvgIpc) is 2.63. The normalized spacial score (nSPS) is 26.2. The van der Waals surface area contributed by atoms with Crippen LogP contribution in [-0.2, 0) is 10.0 Å². The van der Waals surface area contributed by atoms with E-state index in [1.165, 1.54) is 4.31 Å². The lowest BCUT2D eigenvalue weighted by atomic mass is 10.1. The third-order valence-electron chi connectivity index (χ3n) is 4.04. The smallest absolute Gasteiger partial charge is 0.246 e. The molecule has 0 amide bonds. The lowest BCUT2D eigenvalue weighted by Crippen LogP contribution is -2.42. The first-order valence-corrected chi connectivity index (χ1v) is 8.13. The van der Waals surface area contributed by atoms with Gasteiger partial charge in [0.2, 0.25) is 10.0 Å². The first kappa shape index (κ1) is 16.6. The molecular formula is C13H17ClF2N2O2S. The van der Waals surface area contributed by atoms with Gasteiger partial charge in [-0.1, -0.05) is 0 Å². The molecular weight excluding hydrogens is 322 g/mol. The van der Waals surface area contributed by atoms with E-state index in [4.69, 9.17) is 0 Å². The van der Waals surface area contributed by atoms with E-state index in [0.717, 1.165) is 37.9 Å². The van der Waals surface area contributed by atoms with Crippen LogP contribution in [0.15, 0.2) is 23.1 Å². The monoisotopic (exact) mass is 338 g/mol. The fourth-order valence-electron chi connectivity index (χ4n) is 3.13. The SMILES string of the molecule is Cl.O=S(=O)(c1ccc(F)cc1F)N1C2CCNCC1CC2. The largest absolute Gasteiger partial charge is 0.315 e. The topological polar surface area (TPSA) is 49.4 Å². The van der Waals surface area contributed by atoms with Crippen molar-refractivity contribution < 1.29 is 17.2 Å². The molecule has 0 aromatic heterocycles. The molecule has 8 heteroatoms. The Labute approximate surface area is 129 Å². The maximum absolute atomic E-state index is 13.8. The van der Waals surface area contributed by atoms with E-state index >= 15 is 0 Å². The van der Waals surface area contributed by atoms with Gasteiger partial charge in [-0.15, -0.1) is 12.4 Å². The highest BCUT2D eigenvalue weighted by molar-refractivity contribution is 7.89. The second-order valence-electron chi connectivity index (χ2n) is 5.29. The minimum atomic E-state index is -3.92. The third kappa shape index (κ3) is 2.92. The van der Waals surface area contributed by atoms with Crippen LogP contribution in [0.1, 0.15) is 19.3 Å². The predicted molar refractivity (Wildman–Crippen MR) is 76.9 cm³/mol. The molecule has 1 aromatic carbocycles. The summed E-state index contributed by atoms with van der Waals surface area (Å²) < 4.78 is 53.5. The molecule has 2 saturated heterocycles. The zero-order chi connectivity index (χ0) is 14.3. The van der Waals surface area contributed by atoms with Crippen molar-refractivity contribution in [1.29, 1.82) is 0 Å². The highest BCUT2D eigenvalue weighted by Crippen LogP contribution is 2.34. The summed E-state index contributed by atoms with van der Waals surface area (Å²) in [5, 5.41) is 3.20. The van der Waals surface area contributed by atoms with Crippen LogP contribution < -0.4 is 5.32 Å². The van der Waals surface area contributed by atoms with Gasteiger partial charge in [0.1, 0.15) is 16.5 Å². The fraction of sp³-hybridized carbons (Fsp3) is 0.538. The van der Waals surface area contributed by atoms with E-state index in [0.29, 0.717) is 12.6 Å². The third-order valence-corrected chi connectivity index (χ3v) is 6.07. The van der Waals surface area contributed by atoms with E-state index < -0.39 is 26.6 Å². The number of fused-ring (bicyclic) bond motifs is 2. The van der Waals surface area contributed by atoms with Gasteiger partial charge in [-0.3, -0.25) is 0 Å². The van der Waals surface area contributed by atoms with Gasteiger partial charge in [0.15, 0.2) is 0 Å². The van der Waals surface area contributed by atoms with E-state index in [2.05, 4.69) is 5.32 Å². The van der Waals surface area contributed by atoms with E-state index in [9.17, 15) is 17.2 Å². The van der Waals surface area contributed by atoms with Crippen LogP contribution in [-0.4, -0.2) is 37.9 Å². The molecule has 2 atom stereocenters. The Kier molecular flexibility index (Phi) is 4.87.